The van der Waals surface area contributed by atoms with Crippen LogP contribution in [-0.4, -0.2) is 115 Å². The van der Waals surface area contributed by atoms with Gasteiger partial charge in [-0.05, 0) is 24.3 Å². The van der Waals surface area contributed by atoms with Gasteiger partial charge in [-0.3, -0.25) is 4.79 Å². The smallest absolute Gasteiger partial charge is 0.256 e. The van der Waals surface area contributed by atoms with Crippen LogP contribution in [0.4, 0.5) is 11.6 Å². The van der Waals surface area contributed by atoms with Crippen molar-refractivity contribution in [1.29, 1.82) is 0 Å². The summed E-state index contributed by atoms with van der Waals surface area (Å²) in [6.45, 7) is -0.785. The Morgan fingerprint density at radius 1 is 0.739 bits per heavy atom. The number of ether oxygens (including phenoxy) is 2. The first-order chi connectivity index (χ1) is 22.2. The zero-order valence-electron chi connectivity index (χ0n) is 24.1. The molecular weight excluding hydrogens is 604 g/mol. The summed E-state index contributed by atoms with van der Waals surface area (Å²) in [6, 6.07) is 12.1. The minimum atomic E-state index is -1.23. The molecule has 0 saturated carbocycles. The lowest BCUT2D eigenvalue weighted by atomic mass is 10.1. The van der Waals surface area contributed by atoms with E-state index in [0.29, 0.717) is 39.3 Å². The molecule has 1 amide bonds. The van der Waals surface area contributed by atoms with Crippen LogP contribution >= 0.6 is 0 Å². The second-order valence-electron chi connectivity index (χ2n) is 10.7. The predicted octanol–water partition coefficient (Wildman–Crippen LogP) is -1.08. The Morgan fingerprint density at radius 3 is 1.80 bits per heavy atom. The summed E-state index contributed by atoms with van der Waals surface area (Å²) in [5, 5.41) is 62.2. The van der Waals surface area contributed by atoms with E-state index in [2.05, 4.69) is 25.3 Å². The van der Waals surface area contributed by atoms with Crippen LogP contribution in [0.3, 0.4) is 0 Å². The fourth-order valence-corrected chi connectivity index (χ4v) is 5.46. The number of amides is 1. The summed E-state index contributed by atoms with van der Waals surface area (Å²) in [4.78, 5) is 28.7. The first kappa shape index (κ1) is 31.4. The predicted molar refractivity (Wildman–Crippen MR) is 160 cm³/mol. The van der Waals surface area contributed by atoms with E-state index in [0.717, 1.165) is 0 Å². The van der Waals surface area contributed by atoms with Gasteiger partial charge in [-0.15, -0.1) is 0 Å². The molecule has 2 aliphatic rings. The maximum atomic E-state index is 12.4. The quantitative estimate of drug-likeness (QED) is 0.110. The van der Waals surface area contributed by atoms with Crippen molar-refractivity contribution in [3.8, 4) is 0 Å². The van der Waals surface area contributed by atoms with E-state index in [1.165, 1.54) is 12.7 Å². The highest BCUT2D eigenvalue weighted by Crippen LogP contribution is 2.34. The van der Waals surface area contributed by atoms with E-state index in [-0.39, 0.29) is 12.5 Å². The molecular formula is C29H32N8O9. The number of rotatable bonds is 6. The van der Waals surface area contributed by atoms with Crippen LogP contribution in [-0.2, 0) is 9.47 Å². The molecule has 7 rings (SSSR count). The summed E-state index contributed by atoms with van der Waals surface area (Å²) in [7, 11) is 0. The molecule has 0 radical (unpaired) electrons. The van der Waals surface area contributed by atoms with Crippen LogP contribution in [0.2, 0.25) is 0 Å². The zero-order chi connectivity index (χ0) is 32.5. The maximum Gasteiger partial charge on any atom is 0.256 e. The van der Waals surface area contributed by atoms with Crippen molar-refractivity contribution in [3.63, 3.8) is 0 Å². The van der Waals surface area contributed by atoms with Gasteiger partial charge in [0.05, 0.1) is 24.0 Å². The van der Waals surface area contributed by atoms with Gasteiger partial charge in [-0.2, -0.15) is 0 Å². The molecule has 8 atom stereocenters. The molecule has 2 aliphatic heterocycles. The Labute approximate surface area is 260 Å². The van der Waals surface area contributed by atoms with Gasteiger partial charge in [-0.25, -0.2) is 19.9 Å². The number of carbonyl (C=O) groups is 1. The molecule has 17 nitrogen and oxygen atoms in total. The number of aromatic nitrogens is 6. The van der Waals surface area contributed by atoms with Gasteiger partial charge in [0.1, 0.15) is 72.2 Å². The van der Waals surface area contributed by atoms with Crippen molar-refractivity contribution in [2.75, 3.05) is 24.3 Å². The fraction of sp³-hybridized carbons (Fsp3) is 0.345. The third kappa shape index (κ3) is 5.65. The Bertz CT molecular complexity index is 1820. The highest BCUT2D eigenvalue weighted by Gasteiger charge is 2.44. The Balaban J connectivity index is 0.000000172. The van der Waals surface area contributed by atoms with Crippen molar-refractivity contribution in [2.24, 2.45) is 0 Å². The lowest BCUT2D eigenvalue weighted by Gasteiger charge is -2.17. The lowest BCUT2D eigenvalue weighted by molar-refractivity contribution is -0.0508. The highest BCUT2D eigenvalue weighted by atomic mass is 16.6. The SMILES string of the molecule is Nc1ncnc2c1ccn2[C@@H]1O[C@H](CO)[C@@H](O)[C@H]1O.O=C(Nc1ncnc2c1ccn2[C@@H]1O[C@H](CO)[C@@H](O)[C@H]1O)c1ccccc1. The molecule has 0 aliphatic carbocycles. The van der Waals surface area contributed by atoms with Crippen LogP contribution in [0, 0.1) is 0 Å². The van der Waals surface area contributed by atoms with E-state index in [4.69, 9.17) is 20.3 Å². The Hall–Kier alpha value is -4.59. The van der Waals surface area contributed by atoms with Gasteiger partial charge in [0, 0.05) is 18.0 Å². The molecule has 242 valence electrons. The second-order valence-corrected chi connectivity index (χ2v) is 10.7. The normalized spacial score (nSPS) is 27.5. The molecule has 0 spiro atoms. The minimum absolute atomic E-state index is 0.309. The van der Waals surface area contributed by atoms with Crippen LogP contribution in [0.25, 0.3) is 22.1 Å². The molecule has 9 N–H and O–H groups in total. The lowest BCUT2D eigenvalue weighted by Crippen LogP contribution is -2.33. The van der Waals surface area contributed by atoms with Gasteiger partial charge in [0.15, 0.2) is 12.5 Å². The van der Waals surface area contributed by atoms with Gasteiger partial charge in [0.25, 0.3) is 5.91 Å². The Kier molecular flexibility index (Phi) is 8.89. The summed E-state index contributed by atoms with van der Waals surface area (Å²) in [6.07, 6.45) is -2.30. The molecule has 1 aromatic carbocycles. The van der Waals surface area contributed by atoms with Crippen molar-refractivity contribution >= 4 is 39.6 Å². The molecule has 0 bridgehead atoms. The molecule has 0 unspecified atom stereocenters. The van der Waals surface area contributed by atoms with E-state index in [1.807, 2.05) is 6.07 Å². The number of anilines is 2. The zero-order valence-corrected chi connectivity index (χ0v) is 24.1. The number of hydrogen-bond donors (Lipinski definition) is 8. The minimum Gasteiger partial charge on any atom is -0.394 e. The van der Waals surface area contributed by atoms with Crippen molar-refractivity contribution < 1.29 is 44.9 Å². The van der Waals surface area contributed by atoms with Gasteiger partial charge in [-0.1, -0.05) is 18.2 Å². The molecule has 17 heteroatoms. The second kappa shape index (κ2) is 13.0. The Morgan fingerprint density at radius 2 is 1.26 bits per heavy atom. The maximum absolute atomic E-state index is 12.4. The van der Waals surface area contributed by atoms with E-state index in [9.17, 15) is 30.3 Å². The number of benzene rings is 1. The van der Waals surface area contributed by atoms with E-state index < -0.39 is 55.7 Å². The summed E-state index contributed by atoms with van der Waals surface area (Å²) < 4.78 is 14.1. The summed E-state index contributed by atoms with van der Waals surface area (Å²) in [5.41, 5.74) is 7.14. The average Bonchev–Trinajstić information content (AvgIpc) is 3.83. The monoisotopic (exact) mass is 636 g/mol. The molecule has 4 aromatic heterocycles. The number of nitrogen functional groups attached to an aromatic ring is 1. The van der Waals surface area contributed by atoms with Crippen LogP contribution < -0.4 is 11.1 Å². The van der Waals surface area contributed by atoms with Gasteiger partial charge < -0.3 is 60.3 Å². The summed E-state index contributed by atoms with van der Waals surface area (Å²) >= 11 is 0. The fourth-order valence-electron chi connectivity index (χ4n) is 5.46. The van der Waals surface area contributed by atoms with Crippen molar-refractivity contribution in [1.82, 2.24) is 29.1 Å². The number of fused-ring (bicyclic) bond motifs is 2. The topological polar surface area (TPSA) is 256 Å². The third-order valence-corrected chi connectivity index (χ3v) is 7.90. The first-order valence-corrected chi connectivity index (χ1v) is 14.2. The van der Waals surface area contributed by atoms with E-state index >= 15 is 0 Å². The van der Waals surface area contributed by atoms with Crippen LogP contribution in [0.1, 0.15) is 22.8 Å². The van der Waals surface area contributed by atoms with Crippen LogP contribution in [0.15, 0.2) is 67.5 Å². The number of nitrogens with zero attached hydrogens (tertiary/aromatic N) is 6. The van der Waals surface area contributed by atoms with Crippen molar-refractivity contribution in [3.05, 3.63) is 73.1 Å². The first-order valence-electron chi connectivity index (χ1n) is 14.2. The van der Waals surface area contributed by atoms with Crippen LogP contribution in [0.5, 0.6) is 0 Å². The highest BCUT2D eigenvalue weighted by molar-refractivity contribution is 6.07. The average molecular weight is 637 g/mol. The molecule has 6 heterocycles. The number of nitrogens with one attached hydrogen (secondary N) is 1. The largest absolute Gasteiger partial charge is 0.394 e. The molecule has 46 heavy (non-hydrogen) atoms. The summed E-state index contributed by atoms with van der Waals surface area (Å²) in [5.74, 6) is 0.339. The number of aliphatic hydroxyl groups is 6. The standard InChI is InChI=1S/C18H18N4O5.C11H14N4O4/c23-8-12-13(24)14(25)18(27-12)22-7-6-11-15(19-9-20-16(11)22)21-17(26)10-4-2-1-3-5-10;12-9-5-1-2-15(10(5)14-4-13-9)11-8(18)7(17)6(3-16)19-11/h1-7,9,12-14,18,23-25H,8H2,(H,19,20,21,26);1-2,4,6-8,11,16-18H,3H2,(H2,12,13,14)/t12-,13-,14-,18-;6-,7-,8-,11-/m11/s1. The molecule has 2 fully saturated rings. The number of nitrogens with two attached hydrogens (primary N) is 1. The van der Waals surface area contributed by atoms with E-state index in [1.54, 1.807) is 57.9 Å². The molecule has 2 saturated heterocycles. The number of carbonyl (C=O) groups excluding carboxylic acids is 1. The molecule has 5 aromatic rings. The number of hydrogen-bond acceptors (Lipinski definition) is 14. The van der Waals surface area contributed by atoms with Crippen molar-refractivity contribution in [2.45, 2.75) is 49.1 Å². The number of aliphatic hydroxyl groups excluding tert-OH is 6. The van der Waals surface area contributed by atoms with Gasteiger partial charge in [0.2, 0.25) is 0 Å². The third-order valence-electron chi connectivity index (χ3n) is 7.90. The van der Waals surface area contributed by atoms with Gasteiger partial charge >= 0.3 is 0 Å².